The number of ether oxygens (including phenoxy) is 1. The molecule has 3 aliphatic rings. The predicted molar refractivity (Wildman–Crippen MR) is 120 cm³/mol. The van der Waals surface area contributed by atoms with E-state index in [1.54, 1.807) is 29.7 Å². The van der Waals surface area contributed by atoms with Gasteiger partial charge in [0, 0.05) is 23.2 Å². The van der Waals surface area contributed by atoms with Crippen LogP contribution < -0.4 is 4.74 Å². The van der Waals surface area contributed by atoms with Crippen molar-refractivity contribution in [2.45, 2.75) is 38.8 Å². The van der Waals surface area contributed by atoms with Crippen LogP contribution in [0.4, 0.5) is 4.39 Å². The number of fused-ring (bicyclic) bond motifs is 2. The first-order valence-corrected chi connectivity index (χ1v) is 11.6. The third-order valence-corrected chi connectivity index (χ3v) is 7.59. The van der Waals surface area contributed by atoms with Crippen molar-refractivity contribution in [1.82, 2.24) is 9.88 Å². The molecule has 3 fully saturated rings. The van der Waals surface area contributed by atoms with Crippen molar-refractivity contribution in [2.24, 2.45) is 11.8 Å². The van der Waals surface area contributed by atoms with Crippen LogP contribution in [0.3, 0.4) is 0 Å². The lowest BCUT2D eigenvalue weighted by Crippen LogP contribution is -2.64. The number of piperidine rings is 2. The van der Waals surface area contributed by atoms with E-state index in [9.17, 15) is 9.18 Å². The van der Waals surface area contributed by atoms with Gasteiger partial charge in [0.05, 0.1) is 11.6 Å². The van der Waals surface area contributed by atoms with Gasteiger partial charge in [-0.2, -0.15) is 0 Å². The summed E-state index contributed by atoms with van der Waals surface area (Å²) in [4.78, 5) is 20.4. The second kappa shape index (κ2) is 8.08. The van der Waals surface area contributed by atoms with Gasteiger partial charge in [0.1, 0.15) is 23.2 Å². The van der Waals surface area contributed by atoms with Crippen molar-refractivity contribution in [3.63, 3.8) is 0 Å². The largest absolute Gasteiger partial charge is 0.491 e. The van der Waals surface area contributed by atoms with Gasteiger partial charge < -0.3 is 9.64 Å². The molecule has 0 radical (unpaired) electrons. The van der Waals surface area contributed by atoms with Gasteiger partial charge in [0.25, 0.3) is 5.91 Å². The molecule has 6 heteroatoms. The molecule has 1 aliphatic carbocycles. The number of rotatable bonds is 5. The zero-order valence-corrected chi connectivity index (χ0v) is 18.4. The molecule has 31 heavy (non-hydrogen) atoms. The van der Waals surface area contributed by atoms with E-state index in [1.165, 1.54) is 12.1 Å². The zero-order valence-electron chi connectivity index (χ0n) is 17.6. The summed E-state index contributed by atoms with van der Waals surface area (Å²) in [6.45, 7) is 4.64. The van der Waals surface area contributed by atoms with Crippen molar-refractivity contribution in [3.05, 3.63) is 71.0 Å². The van der Waals surface area contributed by atoms with Gasteiger partial charge in [-0.3, -0.25) is 4.79 Å². The number of carbonyl (C=O) groups excluding carboxylic acids is 1. The van der Waals surface area contributed by atoms with Crippen LogP contribution in [0.1, 0.15) is 35.7 Å². The van der Waals surface area contributed by atoms with Crippen LogP contribution in [0, 0.1) is 24.6 Å². The second-order valence-electron chi connectivity index (χ2n) is 8.68. The molecule has 160 valence electrons. The molecule has 1 saturated carbocycles. The van der Waals surface area contributed by atoms with E-state index in [-0.39, 0.29) is 23.8 Å². The van der Waals surface area contributed by atoms with Gasteiger partial charge in [0.15, 0.2) is 0 Å². The van der Waals surface area contributed by atoms with Crippen LogP contribution in [0.15, 0.2) is 54.0 Å². The molecule has 2 aromatic carbocycles. The molecule has 0 N–H and O–H groups in total. The second-order valence-corrected chi connectivity index (χ2v) is 9.57. The summed E-state index contributed by atoms with van der Waals surface area (Å²) in [6.07, 6.45) is 3.88. The molecule has 6 rings (SSSR count). The molecule has 1 aromatic heterocycles. The highest BCUT2D eigenvalue weighted by molar-refractivity contribution is 7.13. The summed E-state index contributed by atoms with van der Waals surface area (Å²) in [7, 11) is 0. The van der Waals surface area contributed by atoms with Crippen molar-refractivity contribution in [3.8, 4) is 16.3 Å². The highest BCUT2D eigenvalue weighted by Gasteiger charge is 2.51. The van der Waals surface area contributed by atoms with Crippen molar-refractivity contribution in [1.29, 1.82) is 0 Å². The van der Waals surface area contributed by atoms with Crippen LogP contribution >= 0.6 is 11.3 Å². The Hall–Kier alpha value is -2.73. The number of nitrogens with zero attached hydrogens (tertiary/aromatic N) is 2. The summed E-state index contributed by atoms with van der Waals surface area (Å²) in [6, 6.07) is 12.3. The minimum atomic E-state index is -0.286. The first-order valence-electron chi connectivity index (χ1n) is 10.7. The Bertz CT molecular complexity index is 1080. The number of thiazole rings is 1. The highest BCUT2D eigenvalue weighted by atomic mass is 32.1. The Kier molecular flexibility index (Phi) is 5.26. The SMILES string of the molecule is Cc1ccc(-c2nccs2)c(C(=O)N2C3CC(C3)[C@@H](C)[C@H]2COc2ccc(F)cc2)c1. The third kappa shape index (κ3) is 3.74. The number of amides is 1. The molecular formula is C25H25FN2O2S. The molecule has 0 unspecified atom stereocenters. The van der Waals surface area contributed by atoms with Crippen LogP contribution in [-0.4, -0.2) is 34.5 Å². The summed E-state index contributed by atoms with van der Waals surface area (Å²) in [5.41, 5.74) is 2.65. The Morgan fingerprint density at radius 2 is 2.00 bits per heavy atom. The summed E-state index contributed by atoms with van der Waals surface area (Å²) < 4.78 is 19.2. The minimum Gasteiger partial charge on any atom is -0.491 e. The topological polar surface area (TPSA) is 42.4 Å². The van der Waals surface area contributed by atoms with E-state index in [0.29, 0.717) is 29.8 Å². The fraction of sp³-hybridized carbons (Fsp3) is 0.360. The Morgan fingerprint density at radius 3 is 2.71 bits per heavy atom. The van der Waals surface area contributed by atoms with Crippen LogP contribution in [0.25, 0.3) is 10.6 Å². The maximum Gasteiger partial charge on any atom is 0.255 e. The molecular weight excluding hydrogens is 411 g/mol. The number of hydrogen-bond acceptors (Lipinski definition) is 4. The molecule has 2 bridgehead atoms. The van der Waals surface area contributed by atoms with Crippen LogP contribution in [-0.2, 0) is 0 Å². The first kappa shape index (κ1) is 20.2. The van der Waals surface area contributed by atoms with E-state index in [4.69, 9.17) is 4.74 Å². The first-order chi connectivity index (χ1) is 15.0. The normalized spacial score (nSPS) is 24.5. The number of halogens is 1. The smallest absolute Gasteiger partial charge is 0.255 e. The lowest BCUT2D eigenvalue weighted by molar-refractivity contribution is -0.0670. The van der Waals surface area contributed by atoms with E-state index in [0.717, 1.165) is 29.0 Å². The van der Waals surface area contributed by atoms with Gasteiger partial charge in [-0.05, 0) is 61.9 Å². The molecule has 2 aliphatic heterocycles. The molecule has 2 atom stereocenters. The van der Waals surface area contributed by atoms with Gasteiger partial charge in [0.2, 0.25) is 0 Å². The van der Waals surface area contributed by atoms with E-state index in [1.807, 2.05) is 30.5 Å². The van der Waals surface area contributed by atoms with Crippen LogP contribution in [0.2, 0.25) is 0 Å². The van der Waals surface area contributed by atoms with Gasteiger partial charge >= 0.3 is 0 Å². The number of carbonyl (C=O) groups is 1. The summed E-state index contributed by atoms with van der Waals surface area (Å²) in [5, 5.41) is 2.79. The van der Waals surface area contributed by atoms with Gasteiger partial charge in [-0.1, -0.05) is 24.6 Å². The van der Waals surface area contributed by atoms with E-state index < -0.39 is 0 Å². The minimum absolute atomic E-state index is 0.0142. The predicted octanol–water partition coefficient (Wildman–Crippen LogP) is 5.58. The highest BCUT2D eigenvalue weighted by Crippen LogP contribution is 2.47. The average Bonchev–Trinajstić information content (AvgIpc) is 3.27. The molecule has 2 saturated heterocycles. The monoisotopic (exact) mass is 436 g/mol. The molecule has 3 aromatic rings. The number of benzene rings is 2. The van der Waals surface area contributed by atoms with Crippen molar-refractivity contribution in [2.75, 3.05) is 6.61 Å². The number of hydrogen-bond donors (Lipinski definition) is 0. The fourth-order valence-electron chi connectivity index (χ4n) is 4.90. The maximum atomic E-state index is 13.9. The van der Waals surface area contributed by atoms with Crippen LogP contribution in [0.5, 0.6) is 5.75 Å². The Balaban J connectivity index is 1.45. The molecule has 4 nitrogen and oxygen atoms in total. The number of aromatic nitrogens is 1. The Labute approximate surface area is 185 Å². The number of aryl methyl sites for hydroxylation is 1. The van der Waals surface area contributed by atoms with Gasteiger partial charge in [-0.15, -0.1) is 11.3 Å². The summed E-state index contributed by atoms with van der Waals surface area (Å²) >= 11 is 1.54. The lowest BCUT2D eigenvalue weighted by atomic mass is 9.64. The average molecular weight is 437 g/mol. The lowest BCUT2D eigenvalue weighted by Gasteiger charge is -2.57. The summed E-state index contributed by atoms with van der Waals surface area (Å²) in [5.74, 6) is 1.37. The van der Waals surface area contributed by atoms with Crippen molar-refractivity contribution < 1.29 is 13.9 Å². The Morgan fingerprint density at radius 1 is 1.23 bits per heavy atom. The quantitative estimate of drug-likeness (QED) is 0.525. The van der Waals surface area contributed by atoms with Gasteiger partial charge in [-0.25, -0.2) is 9.37 Å². The molecule has 0 spiro atoms. The van der Waals surface area contributed by atoms with Crippen molar-refractivity contribution >= 4 is 17.2 Å². The molecule has 1 amide bonds. The third-order valence-electron chi connectivity index (χ3n) is 6.79. The standard InChI is InChI=1S/C25H25FN2O2S/c1-15-3-8-21(24-27-9-10-31-24)22(11-15)25(29)28-19-12-17(13-19)16(2)23(28)14-30-20-6-4-18(26)5-7-20/h3-11,16-17,19,23H,12-14H2,1-2H3/t16-,17?,19?,23-/m1/s1. The zero-order chi connectivity index (χ0) is 21.5. The molecule has 3 heterocycles. The van der Waals surface area contributed by atoms with E-state index >= 15 is 0 Å². The fourth-order valence-corrected chi connectivity index (χ4v) is 5.58. The van der Waals surface area contributed by atoms with E-state index in [2.05, 4.69) is 16.8 Å². The maximum absolute atomic E-state index is 13.9.